The molecule has 1 heterocycles. The number of piperidine rings is 1. The molecule has 1 rings (SSSR count). The van der Waals surface area contributed by atoms with Gasteiger partial charge in [0.2, 0.25) is 0 Å². The summed E-state index contributed by atoms with van der Waals surface area (Å²) in [5, 5.41) is 12.0. The monoisotopic (exact) mass is 272 g/mol. The molecule has 0 bridgehead atoms. The standard InChI is InChI=1S/C13H24N2O4/c1-9-6-11(12(16)17)8-15(7-9)13(18)14-10(2)4-5-19-3/h9-11H,4-8H2,1-3H3,(H,14,18)(H,16,17). The summed E-state index contributed by atoms with van der Waals surface area (Å²) in [6.45, 7) is 5.40. The van der Waals surface area contributed by atoms with Crippen LogP contribution in [0.3, 0.4) is 0 Å². The zero-order valence-corrected chi connectivity index (χ0v) is 11.9. The van der Waals surface area contributed by atoms with Gasteiger partial charge in [0.1, 0.15) is 0 Å². The largest absolute Gasteiger partial charge is 0.481 e. The number of carbonyl (C=O) groups is 2. The van der Waals surface area contributed by atoms with E-state index in [-0.39, 0.29) is 18.0 Å². The number of hydrogen-bond donors (Lipinski definition) is 2. The van der Waals surface area contributed by atoms with Gasteiger partial charge in [-0.2, -0.15) is 0 Å². The molecular formula is C13H24N2O4. The number of carboxylic acid groups (broad SMARTS) is 1. The average molecular weight is 272 g/mol. The van der Waals surface area contributed by atoms with Gasteiger partial charge in [-0.25, -0.2) is 4.79 Å². The van der Waals surface area contributed by atoms with Gasteiger partial charge in [0.25, 0.3) is 0 Å². The summed E-state index contributed by atoms with van der Waals surface area (Å²) in [5.41, 5.74) is 0. The van der Waals surface area contributed by atoms with Gasteiger partial charge >= 0.3 is 12.0 Å². The first-order valence-electron chi connectivity index (χ1n) is 6.71. The highest BCUT2D eigenvalue weighted by atomic mass is 16.5. The Labute approximate surface area is 114 Å². The van der Waals surface area contributed by atoms with E-state index in [0.717, 1.165) is 6.42 Å². The molecule has 3 unspecified atom stereocenters. The maximum Gasteiger partial charge on any atom is 0.317 e. The number of rotatable bonds is 5. The predicted molar refractivity (Wildman–Crippen MR) is 71.0 cm³/mol. The molecule has 6 heteroatoms. The molecule has 0 spiro atoms. The van der Waals surface area contributed by atoms with Crippen LogP contribution in [0, 0.1) is 11.8 Å². The quantitative estimate of drug-likeness (QED) is 0.787. The number of ether oxygens (including phenoxy) is 1. The van der Waals surface area contributed by atoms with Crippen molar-refractivity contribution in [2.45, 2.75) is 32.7 Å². The van der Waals surface area contributed by atoms with Crippen molar-refractivity contribution in [2.75, 3.05) is 26.8 Å². The van der Waals surface area contributed by atoms with Crippen LogP contribution in [-0.4, -0.2) is 54.9 Å². The number of nitrogens with zero attached hydrogens (tertiary/aromatic N) is 1. The fourth-order valence-corrected chi connectivity index (χ4v) is 2.37. The van der Waals surface area contributed by atoms with E-state index in [0.29, 0.717) is 26.1 Å². The molecule has 2 amide bonds. The summed E-state index contributed by atoms with van der Waals surface area (Å²) in [6, 6.07) is -0.158. The molecular weight excluding hydrogens is 248 g/mol. The number of nitrogens with one attached hydrogen (secondary N) is 1. The van der Waals surface area contributed by atoms with Crippen LogP contribution in [0.5, 0.6) is 0 Å². The molecule has 6 nitrogen and oxygen atoms in total. The fraction of sp³-hybridized carbons (Fsp3) is 0.846. The van der Waals surface area contributed by atoms with Gasteiger partial charge < -0.3 is 20.1 Å². The Morgan fingerprint density at radius 1 is 1.47 bits per heavy atom. The van der Waals surface area contributed by atoms with E-state index < -0.39 is 11.9 Å². The number of hydrogen-bond acceptors (Lipinski definition) is 3. The van der Waals surface area contributed by atoms with Crippen LogP contribution in [0.15, 0.2) is 0 Å². The second kappa shape index (κ2) is 7.33. The van der Waals surface area contributed by atoms with Crippen LogP contribution < -0.4 is 5.32 Å². The van der Waals surface area contributed by atoms with Crippen LogP contribution in [0.2, 0.25) is 0 Å². The highest BCUT2D eigenvalue weighted by Crippen LogP contribution is 2.21. The van der Waals surface area contributed by atoms with Gasteiger partial charge in [0.15, 0.2) is 0 Å². The van der Waals surface area contributed by atoms with Crippen molar-refractivity contribution < 1.29 is 19.4 Å². The Kier molecular flexibility index (Phi) is 6.08. The minimum Gasteiger partial charge on any atom is -0.481 e. The van der Waals surface area contributed by atoms with Crippen molar-refractivity contribution in [3.05, 3.63) is 0 Å². The molecule has 1 aliphatic rings. The molecule has 0 aliphatic carbocycles. The predicted octanol–water partition coefficient (Wildman–Crippen LogP) is 1.16. The summed E-state index contributed by atoms with van der Waals surface area (Å²) >= 11 is 0. The van der Waals surface area contributed by atoms with E-state index in [1.807, 2.05) is 13.8 Å². The van der Waals surface area contributed by atoms with E-state index >= 15 is 0 Å². The lowest BCUT2D eigenvalue weighted by Gasteiger charge is -2.35. The van der Waals surface area contributed by atoms with Crippen LogP contribution >= 0.6 is 0 Å². The Hall–Kier alpha value is -1.30. The van der Waals surface area contributed by atoms with Gasteiger partial charge in [0.05, 0.1) is 5.92 Å². The number of aliphatic carboxylic acids is 1. The summed E-state index contributed by atoms with van der Waals surface area (Å²) < 4.78 is 4.96. The summed E-state index contributed by atoms with van der Waals surface area (Å²) in [7, 11) is 1.62. The lowest BCUT2D eigenvalue weighted by Crippen LogP contribution is -2.51. The minimum atomic E-state index is -0.822. The van der Waals surface area contributed by atoms with Crippen LogP contribution in [-0.2, 0) is 9.53 Å². The Bertz CT molecular complexity index is 322. The van der Waals surface area contributed by atoms with E-state index in [2.05, 4.69) is 5.32 Å². The zero-order valence-electron chi connectivity index (χ0n) is 11.9. The molecule has 3 atom stereocenters. The number of carboxylic acids is 1. The number of urea groups is 1. The summed E-state index contributed by atoms with van der Waals surface area (Å²) in [4.78, 5) is 24.7. The molecule has 0 radical (unpaired) electrons. The van der Waals surface area contributed by atoms with Crippen molar-refractivity contribution in [3.8, 4) is 0 Å². The molecule has 0 saturated carbocycles. The lowest BCUT2D eigenvalue weighted by atomic mass is 9.91. The highest BCUT2D eigenvalue weighted by Gasteiger charge is 2.32. The van der Waals surface area contributed by atoms with E-state index in [1.165, 1.54) is 0 Å². The average Bonchev–Trinajstić information content (AvgIpc) is 2.35. The number of methoxy groups -OCH3 is 1. The van der Waals surface area contributed by atoms with Gasteiger partial charge in [-0.15, -0.1) is 0 Å². The van der Waals surface area contributed by atoms with Gasteiger partial charge in [0, 0.05) is 32.8 Å². The molecule has 1 saturated heterocycles. The highest BCUT2D eigenvalue weighted by molar-refractivity contribution is 5.76. The fourth-order valence-electron chi connectivity index (χ4n) is 2.37. The van der Waals surface area contributed by atoms with Gasteiger partial charge in [-0.05, 0) is 25.7 Å². The third kappa shape index (κ3) is 5.06. The van der Waals surface area contributed by atoms with Crippen molar-refractivity contribution in [1.29, 1.82) is 0 Å². The number of carbonyl (C=O) groups excluding carboxylic acids is 1. The maximum absolute atomic E-state index is 12.1. The maximum atomic E-state index is 12.1. The first-order chi connectivity index (χ1) is 8.93. The minimum absolute atomic E-state index is 0.0213. The molecule has 0 aromatic rings. The van der Waals surface area contributed by atoms with Crippen molar-refractivity contribution in [1.82, 2.24) is 10.2 Å². The van der Waals surface area contributed by atoms with Crippen LogP contribution in [0.25, 0.3) is 0 Å². The Balaban J connectivity index is 2.48. The molecule has 19 heavy (non-hydrogen) atoms. The number of likely N-dealkylation sites (tertiary alicyclic amines) is 1. The van der Waals surface area contributed by atoms with E-state index in [1.54, 1.807) is 12.0 Å². The van der Waals surface area contributed by atoms with Crippen molar-refractivity contribution >= 4 is 12.0 Å². The first kappa shape index (κ1) is 15.8. The molecule has 1 fully saturated rings. The third-order valence-corrected chi connectivity index (χ3v) is 3.42. The number of amides is 2. The van der Waals surface area contributed by atoms with E-state index in [4.69, 9.17) is 9.84 Å². The Morgan fingerprint density at radius 2 is 2.16 bits per heavy atom. The lowest BCUT2D eigenvalue weighted by molar-refractivity contribution is -0.143. The normalized spacial score (nSPS) is 24.9. The second-order valence-corrected chi connectivity index (χ2v) is 5.41. The topological polar surface area (TPSA) is 78.9 Å². The smallest absolute Gasteiger partial charge is 0.317 e. The Morgan fingerprint density at radius 3 is 2.74 bits per heavy atom. The molecule has 0 aromatic carbocycles. The SMILES string of the molecule is COCCC(C)NC(=O)N1CC(C)CC(C(=O)O)C1. The summed E-state index contributed by atoms with van der Waals surface area (Å²) in [6.07, 6.45) is 1.38. The van der Waals surface area contributed by atoms with Crippen molar-refractivity contribution in [2.24, 2.45) is 11.8 Å². The van der Waals surface area contributed by atoms with Gasteiger partial charge in [-0.1, -0.05) is 6.92 Å². The zero-order chi connectivity index (χ0) is 14.4. The molecule has 2 N–H and O–H groups in total. The summed E-state index contributed by atoms with van der Waals surface area (Å²) in [5.74, 6) is -1.06. The molecule has 0 aromatic heterocycles. The third-order valence-electron chi connectivity index (χ3n) is 3.42. The van der Waals surface area contributed by atoms with Crippen molar-refractivity contribution in [3.63, 3.8) is 0 Å². The van der Waals surface area contributed by atoms with Gasteiger partial charge in [-0.3, -0.25) is 4.79 Å². The second-order valence-electron chi connectivity index (χ2n) is 5.41. The molecule has 1 aliphatic heterocycles. The van der Waals surface area contributed by atoms with E-state index in [9.17, 15) is 9.59 Å². The van der Waals surface area contributed by atoms with Crippen LogP contribution in [0.1, 0.15) is 26.7 Å². The molecule has 110 valence electrons. The van der Waals surface area contributed by atoms with Crippen LogP contribution in [0.4, 0.5) is 4.79 Å². The first-order valence-corrected chi connectivity index (χ1v) is 6.71.